The zero-order valence-corrected chi connectivity index (χ0v) is 12.4. The Bertz CT molecular complexity index is 381. The fourth-order valence-corrected chi connectivity index (χ4v) is 2.78. The van der Waals surface area contributed by atoms with Crippen LogP contribution in [0.5, 0.6) is 0 Å². The van der Waals surface area contributed by atoms with Crippen LogP contribution in [0.1, 0.15) is 51.2 Å². The molecule has 112 valence electrons. The summed E-state index contributed by atoms with van der Waals surface area (Å²) in [5, 5.41) is 6.71. The highest BCUT2D eigenvalue weighted by atomic mass is 16.3. The van der Waals surface area contributed by atoms with Crippen LogP contribution >= 0.6 is 0 Å². The molecule has 2 N–H and O–H groups in total. The Labute approximate surface area is 121 Å². The van der Waals surface area contributed by atoms with Crippen molar-refractivity contribution >= 4 is 5.91 Å². The molecule has 1 heterocycles. The quantitative estimate of drug-likeness (QED) is 0.806. The molecule has 1 aromatic heterocycles. The van der Waals surface area contributed by atoms with E-state index in [2.05, 4.69) is 17.6 Å². The first-order chi connectivity index (χ1) is 9.78. The molecule has 0 radical (unpaired) electrons. The summed E-state index contributed by atoms with van der Waals surface area (Å²) in [6.07, 6.45) is 8.56. The maximum absolute atomic E-state index is 11.9. The molecule has 20 heavy (non-hydrogen) atoms. The van der Waals surface area contributed by atoms with E-state index in [9.17, 15) is 4.79 Å². The van der Waals surface area contributed by atoms with Crippen LogP contribution in [0.4, 0.5) is 0 Å². The van der Waals surface area contributed by atoms with Gasteiger partial charge in [0, 0.05) is 24.9 Å². The first kappa shape index (κ1) is 15.1. The second-order valence-corrected chi connectivity index (χ2v) is 5.65. The predicted molar refractivity (Wildman–Crippen MR) is 79.5 cm³/mol. The Kier molecular flexibility index (Phi) is 6.12. The molecule has 0 aliphatic heterocycles. The van der Waals surface area contributed by atoms with Crippen molar-refractivity contribution in [3.05, 3.63) is 24.2 Å². The van der Waals surface area contributed by atoms with E-state index in [-0.39, 0.29) is 5.91 Å². The van der Waals surface area contributed by atoms with Crippen molar-refractivity contribution in [3.8, 4) is 0 Å². The van der Waals surface area contributed by atoms with Crippen molar-refractivity contribution in [2.24, 2.45) is 0 Å². The van der Waals surface area contributed by atoms with Gasteiger partial charge in [0.25, 0.3) is 0 Å². The van der Waals surface area contributed by atoms with Crippen molar-refractivity contribution in [2.45, 2.75) is 64.0 Å². The lowest BCUT2D eigenvalue weighted by molar-refractivity contribution is -0.122. The number of nitrogens with one attached hydrogen (secondary N) is 2. The summed E-state index contributed by atoms with van der Waals surface area (Å²) in [6, 6.07) is 4.78. The molecule has 0 unspecified atom stereocenters. The third-order valence-corrected chi connectivity index (χ3v) is 3.95. The summed E-state index contributed by atoms with van der Waals surface area (Å²) in [6.45, 7) is 3.29. The summed E-state index contributed by atoms with van der Waals surface area (Å²) in [7, 11) is 0. The Hall–Kier alpha value is -1.29. The van der Waals surface area contributed by atoms with Gasteiger partial charge in [-0.1, -0.05) is 6.92 Å². The Morgan fingerprint density at radius 3 is 2.70 bits per heavy atom. The van der Waals surface area contributed by atoms with E-state index in [1.165, 1.54) is 19.3 Å². The lowest BCUT2D eigenvalue weighted by Gasteiger charge is -2.29. The molecule has 1 aliphatic rings. The van der Waals surface area contributed by atoms with E-state index in [1.54, 1.807) is 6.26 Å². The molecule has 1 aliphatic carbocycles. The second-order valence-electron chi connectivity index (χ2n) is 5.65. The number of carbonyl (C=O) groups is 1. The van der Waals surface area contributed by atoms with E-state index in [0.717, 1.165) is 25.1 Å². The van der Waals surface area contributed by atoms with Crippen LogP contribution in [0, 0.1) is 0 Å². The lowest BCUT2D eigenvalue weighted by Crippen LogP contribution is -2.42. The second kappa shape index (κ2) is 8.10. The van der Waals surface area contributed by atoms with Gasteiger partial charge in [-0.05, 0) is 50.8 Å². The summed E-state index contributed by atoms with van der Waals surface area (Å²) in [5.74, 6) is 1.03. The Balaban J connectivity index is 1.61. The minimum absolute atomic E-state index is 0.145. The number of hydrogen-bond donors (Lipinski definition) is 2. The number of amides is 1. The zero-order chi connectivity index (χ0) is 14.2. The molecule has 1 aromatic rings. The molecule has 4 heteroatoms. The topological polar surface area (TPSA) is 54.3 Å². The molecule has 1 saturated carbocycles. The first-order valence-electron chi connectivity index (χ1n) is 7.83. The number of rotatable bonds is 7. The van der Waals surface area contributed by atoms with E-state index in [0.29, 0.717) is 24.9 Å². The Morgan fingerprint density at radius 1 is 1.30 bits per heavy atom. The van der Waals surface area contributed by atoms with Crippen LogP contribution in [0.2, 0.25) is 0 Å². The van der Waals surface area contributed by atoms with Crippen LogP contribution in [-0.2, 0) is 11.2 Å². The third-order valence-electron chi connectivity index (χ3n) is 3.95. The molecule has 0 aromatic carbocycles. The minimum atomic E-state index is 0.145. The van der Waals surface area contributed by atoms with Crippen LogP contribution < -0.4 is 10.6 Å². The van der Waals surface area contributed by atoms with Crippen molar-refractivity contribution in [2.75, 3.05) is 6.54 Å². The Morgan fingerprint density at radius 2 is 2.05 bits per heavy atom. The molecule has 1 fully saturated rings. The van der Waals surface area contributed by atoms with Gasteiger partial charge in [-0.25, -0.2) is 0 Å². The molecule has 0 bridgehead atoms. The fourth-order valence-electron chi connectivity index (χ4n) is 2.78. The molecule has 0 spiro atoms. The van der Waals surface area contributed by atoms with Gasteiger partial charge >= 0.3 is 0 Å². The average Bonchev–Trinajstić information content (AvgIpc) is 2.98. The van der Waals surface area contributed by atoms with E-state index in [4.69, 9.17) is 4.42 Å². The van der Waals surface area contributed by atoms with E-state index >= 15 is 0 Å². The zero-order valence-electron chi connectivity index (χ0n) is 12.4. The number of aryl methyl sites for hydroxylation is 1. The van der Waals surface area contributed by atoms with Gasteiger partial charge in [-0.15, -0.1) is 0 Å². The van der Waals surface area contributed by atoms with Gasteiger partial charge in [-0.2, -0.15) is 0 Å². The van der Waals surface area contributed by atoms with E-state index in [1.807, 2.05) is 12.1 Å². The molecule has 1 amide bonds. The molecule has 0 atom stereocenters. The van der Waals surface area contributed by atoms with Crippen molar-refractivity contribution in [1.82, 2.24) is 10.6 Å². The maximum atomic E-state index is 11.9. The standard InChI is InChI=1S/C16H26N2O2/c1-2-11-17-13-5-7-14(8-6-13)18-16(19)10-9-15-4-3-12-20-15/h3-4,12-14,17H,2,5-11H2,1H3,(H,18,19). The van der Waals surface area contributed by atoms with E-state index < -0.39 is 0 Å². The van der Waals surface area contributed by atoms with Gasteiger partial charge in [0.05, 0.1) is 6.26 Å². The molecule has 0 saturated heterocycles. The van der Waals surface area contributed by atoms with Crippen LogP contribution in [0.15, 0.2) is 22.8 Å². The highest BCUT2D eigenvalue weighted by Gasteiger charge is 2.21. The number of furan rings is 1. The van der Waals surface area contributed by atoms with Crippen molar-refractivity contribution in [1.29, 1.82) is 0 Å². The number of hydrogen-bond acceptors (Lipinski definition) is 3. The monoisotopic (exact) mass is 278 g/mol. The fraction of sp³-hybridized carbons (Fsp3) is 0.688. The van der Waals surface area contributed by atoms with Crippen LogP contribution in [-0.4, -0.2) is 24.5 Å². The number of carbonyl (C=O) groups excluding carboxylic acids is 1. The normalized spacial score (nSPS) is 22.6. The average molecular weight is 278 g/mol. The summed E-state index contributed by atoms with van der Waals surface area (Å²) in [5.41, 5.74) is 0. The predicted octanol–water partition coefficient (Wildman–Crippen LogP) is 2.64. The minimum Gasteiger partial charge on any atom is -0.469 e. The van der Waals surface area contributed by atoms with Crippen molar-refractivity contribution < 1.29 is 9.21 Å². The highest BCUT2D eigenvalue weighted by molar-refractivity contribution is 5.76. The largest absolute Gasteiger partial charge is 0.469 e. The molecule has 2 rings (SSSR count). The van der Waals surface area contributed by atoms with Gasteiger partial charge in [0.2, 0.25) is 5.91 Å². The summed E-state index contributed by atoms with van der Waals surface area (Å²) in [4.78, 5) is 11.9. The van der Waals surface area contributed by atoms with Gasteiger partial charge < -0.3 is 15.1 Å². The molecule has 4 nitrogen and oxygen atoms in total. The summed E-state index contributed by atoms with van der Waals surface area (Å²) >= 11 is 0. The van der Waals surface area contributed by atoms with Crippen LogP contribution in [0.25, 0.3) is 0 Å². The lowest BCUT2D eigenvalue weighted by atomic mass is 9.91. The smallest absolute Gasteiger partial charge is 0.220 e. The molecular formula is C16H26N2O2. The van der Waals surface area contributed by atoms with Crippen molar-refractivity contribution in [3.63, 3.8) is 0 Å². The van der Waals surface area contributed by atoms with Gasteiger partial charge in [-0.3, -0.25) is 4.79 Å². The van der Waals surface area contributed by atoms with Crippen LogP contribution in [0.3, 0.4) is 0 Å². The summed E-state index contributed by atoms with van der Waals surface area (Å²) < 4.78 is 5.24. The molecular weight excluding hydrogens is 252 g/mol. The van der Waals surface area contributed by atoms with Gasteiger partial charge in [0.1, 0.15) is 5.76 Å². The highest BCUT2D eigenvalue weighted by Crippen LogP contribution is 2.18. The third kappa shape index (κ3) is 5.00. The van der Waals surface area contributed by atoms with Gasteiger partial charge in [0.15, 0.2) is 0 Å². The SMILES string of the molecule is CCCNC1CCC(NC(=O)CCc2ccco2)CC1. The first-order valence-corrected chi connectivity index (χ1v) is 7.83. The maximum Gasteiger partial charge on any atom is 0.220 e.